The fourth-order valence-electron chi connectivity index (χ4n) is 2.76. The van der Waals surface area contributed by atoms with Crippen molar-refractivity contribution in [1.82, 2.24) is 15.1 Å². The second kappa shape index (κ2) is 8.63. The van der Waals surface area contributed by atoms with Crippen LogP contribution in [0.15, 0.2) is 18.2 Å². The molecule has 132 valence electrons. The highest BCUT2D eigenvalue weighted by atomic mass is 35.5. The van der Waals surface area contributed by atoms with Gasteiger partial charge in [0.25, 0.3) is 5.91 Å². The maximum atomic E-state index is 12.6. The number of carbonyl (C=O) groups excluding carboxylic acids is 2. The van der Waals surface area contributed by atoms with E-state index >= 15 is 0 Å². The number of amides is 2. The largest absolute Gasteiger partial charge is 0.338 e. The van der Waals surface area contributed by atoms with E-state index in [1.54, 1.807) is 34.9 Å². The lowest BCUT2D eigenvalue weighted by Crippen LogP contribution is -2.54. The van der Waals surface area contributed by atoms with Crippen LogP contribution in [0.25, 0.3) is 0 Å². The highest BCUT2D eigenvalue weighted by Gasteiger charge is 2.31. The van der Waals surface area contributed by atoms with Gasteiger partial charge in [0.05, 0.1) is 21.7 Å². The van der Waals surface area contributed by atoms with E-state index < -0.39 is 0 Å². The number of rotatable bonds is 2. The van der Waals surface area contributed by atoms with Crippen molar-refractivity contribution in [3.05, 3.63) is 33.8 Å². The third kappa shape index (κ3) is 4.11. The van der Waals surface area contributed by atoms with Gasteiger partial charge in [-0.15, -0.1) is 24.2 Å². The number of hydrogen-bond acceptors (Lipinski definition) is 4. The molecule has 0 saturated carbocycles. The Morgan fingerprint density at radius 3 is 2.21 bits per heavy atom. The maximum Gasteiger partial charge on any atom is 0.257 e. The Morgan fingerprint density at radius 2 is 1.67 bits per heavy atom. The third-order valence-corrected chi connectivity index (χ3v) is 5.64. The van der Waals surface area contributed by atoms with Gasteiger partial charge in [-0.2, -0.15) is 0 Å². The van der Waals surface area contributed by atoms with Crippen LogP contribution in [0.3, 0.4) is 0 Å². The molecule has 2 amide bonds. The molecule has 2 fully saturated rings. The van der Waals surface area contributed by atoms with Gasteiger partial charge in [-0.25, -0.2) is 0 Å². The predicted octanol–water partition coefficient (Wildman–Crippen LogP) is 2.36. The summed E-state index contributed by atoms with van der Waals surface area (Å²) in [5.41, 5.74) is 0.337. The van der Waals surface area contributed by atoms with Crippen LogP contribution in [-0.2, 0) is 4.79 Å². The van der Waals surface area contributed by atoms with E-state index in [4.69, 9.17) is 23.2 Å². The summed E-state index contributed by atoms with van der Waals surface area (Å²) in [7, 11) is 0. The van der Waals surface area contributed by atoms with Crippen LogP contribution in [0.4, 0.5) is 0 Å². The lowest BCUT2D eigenvalue weighted by atomic mass is 10.1. The van der Waals surface area contributed by atoms with E-state index in [1.165, 1.54) is 0 Å². The van der Waals surface area contributed by atoms with E-state index in [2.05, 4.69) is 5.32 Å². The molecule has 5 nitrogen and oxygen atoms in total. The molecular formula is C15H18Cl3N3O2S. The van der Waals surface area contributed by atoms with Gasteiger partial charge in [-0.05, 0) is 12.1 Å². The van der Waals surface area contributed by atoms with Crippen LogP contribution in [0.5, 0.6) is 0 Å². The van der Waals surface area contributed by atoms with Crippen molar-refractivity contribution in [2.75, 3.05) is 37.8 Å². The standard InChI is InChI=1S/C15H17Cl2N3O2S.ClH/c16-10-2-1-3-11(17)13(10)15(22)20-6-4-19(5-7-20)14(21)12-8-23-9-18-12;/h1-3,12,18H,4-9H2;1H. The average Bonchev–Trinajstić information content (AvgIpc) is 3.08. The smallest absolute Gasteiger partial charge is 0.257 e. The molecule has 1 unspecified atom stereocenters. The van der Waals surface area contributed by atoms with Crippen LogP contribution < -0.4 is 5.32 Å². The van der Waals surface area contributed by atoms with Crippen molar-refractivity contribution < 1.29 is 9.59 Å². The Kier molecular flexibility index (Phi) is 7.07. The SMILES string of the molecule is Cl.O=C(c1c(Cl)cccc1Cl)N1CCN(C(=O)C2CSCN2)CC1. The number of piperazine rings is 1. The first-order valence-corrected chi connectivity index (χ1v) is 9.32. The Bertz CT molecular complexity index is 598. The summed E-state index contributed by atoms with van der Waals surface area (Å²) in [6.45, 7) is 2.06. The van der Waals surface area contributed by atoms with Gasteiger partial charge < -0.3 is 9.80 Å². The fourth-order valence-corrected chi connectivity index (χ4v) is 4.26. The molecule has 3 rings (SSSR count). The number of nitrogens with one attached hydrogen (secondary N) is 1. The minimum atomic E-state index is -0.178. The summed E-state index contributed by atoms with van der Waals surface area (Å²) >= 11 is 13.9. The summed E-state index contributed by atoms with van der Waals surface area (Å²) in [6, 6.07) is 4.93. The molecule has 2 heterocycles. The number of nitrogens with zero attached hydrogens (tertiary/aromatic N) is 2. The summed E-state index contributed by atoms with van der Waals surface area (Å²) in [5, 5.41) is 3.89. The molecule has 2 saturated heterocycles. The molecule has 1 aromatic carbocycles. The minimum absolute atomic E-state index is 0. The second-order valence-corrected chi connectivity index (χ2v) is 7.33. The second-order valence-electron chi connectivity index (χ2n) is 5.49. The molecule has 1 N–H and O–H groups in total. The van der Waals surface area contributed by atoms with Crippen molar-refractivity contribution in [2.24, 2.45) is 0 Å². The zero-order valence-corrected chi connectivity index (χ0v) is 16.0. The lowest BCUT2D eigenvalue weighted by molar-refractivity contribution is -0.134. The summed E-state index contributed by atoms with van der Waals surface area (Å²) in [4.78, 5) is 28.5. The van der Waals surface area contributed by atoms with Crippen molar-refractivity contribution in [2.45, 2.75) is 6.04 Å². The quantitative estimate of drug-likeness (QED) is 0.813. The van der Waals surface area contributed by atoms with Crippen molar-refractivity contribution in [3.8, 4) is 0 Å². The highest BCUT2D eigenvalue weighted by Crippen LogP contribution is 2.26. The van der Waals surface area contributed by atoms with Crippen LogP contribution >= 0.6 is 47.4 Å². The molecule has 0 spiro atoms. The predicted molar refractivity (Wildman–Crippen MR) is 100 cm³/mol. The Morgan fingerprint density at radius 1 is 1.08 bits per heavy atom. The summed E-state index contributed by atoms with van der Waals surface area (Å²) in [6.07, 6.45) is 0. The molecule has 1 aromatic rings. The first-order chi connectivity index (χ1) is 11.1. The number of halogens is 3. The van der Waals surface area contributed by atoms with E-state index in [1.807, 2.05) is 4.90 Å². The molecule has 24 heavy (non-hydrogen) atoms. The van der Waals surface area contributed by atoms with E-state index in [0.29, 0.717) is 41.8 Å². The van der Waals surface area contributed by atoms with Gasteiger partial charge in [0.1, 0.15) is 0 Å². The van der Waals surface area contributed by atoms with Crippen LogP contribution in [-0.4, -0.2) is 65.5 Å². The first kappa shape index (κ1) is 19.7. The van der Waals surface area contributed by atoms with Crippen molar-refractivity contribution in [3.63, 3.8) is 0 Å². The van der Waals surface area contributed by atoms with Gasteiger partial charge in [0, 0.05) is 37.8 Å². The molecule has 2 aliphatic heterocycles. The van der Waals surface area contributed by atoms with E-state index in [-0.39, 0.29) is 30.3 Å². The summed E-state index contributed by atoms with van der Waals surface area (Å²) in [5.74, 6) is 1.58. The normalized spacial score (nSPS) is 20.7. The molecule has 0 radical (unpaired) electrons. The number of carbonyl (C=O) groups is 2. The van der Waals surface area contributed by atoms with E-state index in [0.717, 1.165) is 11.6 Å². The number of thioether (sulfide) groups is 1. The Labute approximate surface area is 161 Å². The first-order valence-electron chi connectivity index (χ1n) is 7.41. The molecule has 1 atom stereocenters. The zero-order chi connectivity index (χ0) is 16.4. The third-order valence-electron chi connectivity index (χ3n) is 4.07. The molecule has 0 aromatic heterocycles. The molecule has 0 aliphatic carbocycles. The van der Waals surface area contributed by atoms with E-state index in [9.17, 15) is 9.59 Å². The lowest BCUT2D eigenvalue weighted by Gasteiger charge is -2.36. The zero-order valence-electron chi connectivity index (χ0n) is 12.8. The Hall–Kier alpha value is -0.660. The van der Waals surface area contributed by atoms with Gasteiger partial charge >= 0.3 is 0 Å². The number of benzene rings is 1. The van der Waals surface area contributed by atoms with Gasteiger partial charge in [-0.3, -0.25) is 14.9 Å². The minimum Gasteiger partial charge on any atom is -0.338 e. The fraction of sp³-hybridized carbons (Fsp3) is 0.467. The maximum absolute atomic E-state index is 12.6. The average molecular weight is 411 g/mol. The van der Waals surface area contributed by atoms with Crippen LogP contribution in [0.1, 0.15) is 10.4 Å². The van der Waals surface area contributed by atoms with Gasteiger partial charge in [0.15, 0.2) is 0 Å². The molecular weight excluding hydrogens is 393 g/mol. The summed E-state index contributed by atoms with van der Waals surface area (Å²) < 4.78 is 0. The molecule has 0 bridgehead atoms. The van der Waals surface area contributed by atoms with Crippen LogP contribution in [0, 0.1) is 0 Å². The van der Waals surface area contributed by atoms with Gasteiger partial charge in [-0.1, -0.05) is 29.3 Å². The van der Waals surface area contributed by atoms with Crippen LogP contribution in [0.2, 0.25) is 10.0 Å². The number of hydrogen-bond donors (Lipinski definition) is 1. The van der Waals surface area contributed by atoms with Gasteiger partial charge in [0.2, 0.25) is 5.91 Å². The Balaban J connectivity index is 0.00000208. The topological polar surface area (TPSA) is 52.7 Å². The molecule has 9 heteroatoms. The van der Waals surface area contributed by atoms with Crippen molar-refractivity contribution in [1.29, 1.82) is 0 Å². The molecule has 2 aliphatic rings. The monoisotopic (exact) mass is 409 g/mol. The van der Waals surface area contributed by atoms with Crippen molar-refractivity contribution >= 4 is 59.2 Å². The highest BCUT2D eigenvalue weighted by molar-refractivity contribution is 7.99.